The van der Waals surface area contributed by atoms with Crippen molar-refractivity contribution >= 4 is 28.6 Å². The molecule has 3 heterocycles. The smallest absolute Gasteiger partial charge is 0.255 e. The molecule has 1 fully saturated rings. The van der Waals surface area contributed by atoms with Gasteiger partial charge in [0, 0.05) is 74.9 Å². The third-order valence-corrected chi connectivity index (χ3v) is 5.89. The number of hydrogen-bond donors (Lipinski definition) is 1. The van der Waals surface area contributed by atoms with Crippen molar-refractivity contribution in [2.45, 2.75) is 6.42 Å². The molecule has 2 aromatic heterocycles. The fourth-order valence-corrected chi connectivity index (χ4v) is 3.87. The molecule has 7 nitrogen and oxygen atoms in total. The Morgan fingerprint density at radius 2 is 1.83 bits per heavy atom. The number of nitrogens with one attached hydrogen (secondary N) is 1. The Bertz CT molecular complexity index is 1070. The zero-order chi connectivity index (χ0) is 21.1. The molecule has 0 aliphatic carbocycles. The second-order valence-electron chi connectivity index (χ2n) is 7.88. The zero-order valence-corrected chi connectivity index (χ0v) is 18.2. The number of fused-ring (bicyclic) bond motifs is 1. The van der Waals surface area contributed by atoms with E-state index in [1.165, 1.54) is 0 Å². The number of anilines is 1. The number of hydrogen-bond acceptors (Lipinski definition) is 6. The molecular weight excluding hydrogens is 400 g/mol. The molecule has 1 aliphatic heterocycles. The molecule has 158 valence electrons. The SMILES string of the molecule is CN1CCN(CCNc2ncc3cc(Cc4ccc(Cl)cc4)c(=O)n(C)c3n2)CC1. The zero-order valence-electron chi connectivity index (χ0n) is 17.4. The molecule has 8 heteroatoms. The summed E-state index contributed by atoms with van der Waals surface area (Å²) in [6, 6.07) is 9.45. The van der Waals surface area contributed by atoms with Gasteiger partial charge in [-0.05, 0) is 30.8 Å². The van der Waals surface area contributed by atoms with Crippen LogP contribution in [0.4, 0.5) is 5.95 Å². The maximum absolute atomic E-state index is 12.9. The van der Waals surface area contributed by atoms with Crippen LogP contribution < -0.4 is 10.9 Å². The molecule has 4 rings (SSSR count). The van der Waals surface area contributed by atoms with Crippen LogP contribution in [-0.4, -0.2) is 70.7 Å². The maximum Gasteiger partial charge on any atom is 0.255 e. The molecule has 3 aromatic rings. The van der Waals surface area contributed by atoms with Crippen molar-refractivity contribution in [3.05, 3.63) is 63.0 Å². The highest BCUT2D eigenvalue weighted by Gasteiger charge is 2.14. The molecule has 0 spiro atoms. The summed E-state index contributed by atoms with van der Waals surface area (Å²) < 4.78 is 1.61. The van der Waals surface area contributed by atoms with Crippen LogP contribution in [0, 0.1) is 0 Å². The lowest BCUT2D eigenvalue weighted by Crippen LogP contribution is -2.45. The van der Waals surface area contributed by atoms with Gasteiger partial charge in [0.05, 0.1) is 0 Å². The minimum atomic E-state index is -0.0421. The molecule has 30 heavy (non-hydrogen) atoms. The third-order valence-electron chi connectivity index (χ3n) is 5.64. The Morgan fingerprint density at radius 3 is 2.57 bits per heavy atom. The number of likely N-dealkylation sites (N-methyl/N-ethyl adjacent to an activating group) is 1. The summed E-state index contributed by atoms with van der Waals surface area (Å²) in [6.07, 6.45) is 2.33. The Labute approximate surface area is 181 Å². The van der Waals surface area contributed by atoms with Gasteiger partial charge in [0.15, 0.2) is 0 Å². The number of nitrogens with zero attached hydrogens (tertiary/aromatic N) is 5. The molecule has 0 radical (unpaired) electrons. The molecule has 1 aliphatic rings. The van der Waals surface area contributed by atoms with Crippen LogP contribution in [0.25, 0.3) is 11.0 Å². The van der Waals surface area contributed by atoms with Crippen molar-refractivity contribution in [2.75, 3.05) is 51.6 Å². The highest BCUT2D eigenvalue weighted by molar-refractivity contribution is 6.30. The van der Waals surface area contributed by atoms with E-state index < -0.39 is 0 Å². The fraction of sp³-hybridized carbons (Fsp3) is 0.409. The first-order chi connectivity index (χ1) is 14.5. The number of aromatic nitrogens is 3. The summed E-state index contributed by atoms with van der Waals surface area (Å²) in [4.78, 5) is 26.7. The molecule has 0 atom stereocenters. The van der Waals surface area contributed by atoms with E-state index in [4.69, 9.17) is 11.6 Å². The Balaban J connectivity index is 1.47. The van der Waals surface area contributed by atoms with Crippen LogP contribution in [-0.2, 0) is 13.5 Å². The number of pyridine rings is 1. The van der Waals surface area contributed by atoms with Gasteiger partial charge in [-0.1, -0.05) is 23.7 Å². The second-order valence-corrected chi connectivity index (χ2v) is 8.32. The molecule has 0 unspecified atom stereocenters. The Hall–Kier alpha value is -2.48. The van der Waals surface area contributed by atoms with Crippen LogP contribution in [0.15, 0.2) is 41.3 Å². The monoisotopic (exact) mass is 426 g/mol. The van der Waals surface area contributed by atoms with Gasteiger partial charge in [0.25, 0.3) is 5.56 Å². The van der Waals surface area contributed by atoms with Crippen LogP contribution in [0.5, 0.6) is 0 Å². The van der Waals surface area contributed by atoms with E-state index in [1.807, 2.05) is 30.3 Å². The quantitative estimate of drug-likeness (QED) is 0.652. The van der Waals surface area contributed by atoms with Crippen molar-refractivity contribution in [3.63, 3.8) is 0 Å². The van der Waals surface area contributed by atoms with Gasteiger partial charge in [-0.15, -0.1) is 0 Å². The largest absolute Gasteiger partial charge is 0.353 e. The van der Waals surface area contributed by atoms with E-state index in [9.17, 15) is 4.79 Å². The topological polar surface area (TPSA) is 66.3 Å². The molecule has 0 amide bonds. The van der Waals surface area contributed by atoms with E-state index >= 15 is 0 Å². The number of benzene rings is 1. The fourth-order valence-electron chi connectivity index (χ4n) is 3.74. The van der Waals surface area contributed by atoms with Gasteiger partial charge in [0.1, 0.15) is 5.65 Å². The number of aryl methyl sites for hydroxylation is 1. The summed E-state index contributed by atoms with van der Waals surface area (Å²) in [5, 5.41) is 4.84. The van der Waals surface area contributed by atoms with E-state index in [0.717, 1.165) is 50.2 Å². The number of halogens is 1. The lowest BCUT2D eigenvalue weighted by atomic mass is 10.1. The highest BCUT2D eigenvalue weighted by atomic mass is 35.5. The normalized spacial score (nSPS) is 15.6. The molecule has 1 saturated heterocycles. The predicted octanol–water partition coefficient (Wildman–Crippen LogP) is 2.23. The summed E-state index contributed by atoms with van der Waals surface area (Å²) in [7, 11) is 3.92. The van der Waals surface area contributed by atoms with Crippen LogP contribution in [0.2, 0.25) is 5.02 Å². The molecular formula is C22H27ClN6O. The summed E-state index contributed by atoms with van der Waals surface area (Å²) in [5.41, 5.74) is 2.35. The van der Waals surface area contributed by atoms with Crippen molar-refractivity contribution in [2.24, 2.45) is 7.05 Å². The minimum absolute atomic E-state index is 0.0421. The van der Waals surface area contributed by atoms with Gasteiger partial charge in [0.2, 0.25) is 5.95 Å². The lowest BCUT2D eigenvalue weighted by molar-refractivity contribution is 0.158. The highest BCUT2D eigenvalue weighted by Crippen LogP contribution is 2.16. The minimum Gasteiger partial charge on any atom is -0.353 e. The summed E-state index contributed by atoms with van der Waals surface area (Å²) in [6.45, 7) is 6.11. The lowest BCUT2D eigenvalue weighted by Gasteiger charge is -2.32. The predicted molar refractivity (Wildman–Crippen MR) is 121 cm³/mol. The van der Waals surface area contributed by atoms with Crippen LogP contribution >= 0.6 is 11.6 Å². The van der Waals surface area contributed by atoms with Gasteiger partial charge in [-0.2, -0.15) is 4.98 Å². The first-order valence-electron chi connectivity index (χ1n) is 10.2. The van der Waals surface area contributed by atoms with Crippen LogP contribution in [0.1, 0.15) is 11.1 Å². The molecule has 0 saturated carbocycles. The Morgan fingerprint density at radius 1 is 1.10 bits per heavy atom. The number of rotatable bonds is 6. The van der Waals surface area contributed by atoms with Gasteiger partial charge >= 0.3 is 0 Å². The first kappa shape index (κ1) is 20.8. The van der Waals surface area contributed by atoms with Crippen LogP contribution in [0.3, 0.4) is 0 Å². The molecule has 1 aromatic carbocycles. The van der Waals surface area contributed by atoms with Crippen molar-refractivity contribution in [1.82, 2.24) is 24.3 Å². The first-order valence-corrected chi connectivity index (χ1v) is 10.6. The van der Waals surface area contributed by atoms with Gasteiger partial charge < -0.3 is 10.2 Å². The van der Waals surface area contributed by atoms with Crippen molar-refractivity contribution in [1.29, 1.82) is 0 Å². The molecule has 1 N–H and O–H groups in total. The van der Waals surface area contributed by atoms with Gasteiger partial charge in [-0.3, -0.25) is 14.3 Å². The molecule has 0 bridgehead atoms. The van der Waals surface area contributed by atoms with Crippen molar-refractivity contribution in [3.8, 4) is 0 Å². The van der Waals surface area contributed by atoms with E-state index in [2.05, 4.69) is 32.1 Å². The van der Waals surface area contributed by atoms with Gasteiger partial charge in [-0.25, -0.2) is 4.98 Å². The second kappa shape index (κ2) is 9.12. The van der Waals surface area contributed by atoms with E-state index in [1.54, 1.807) is 17.8 Å². The van der Waals surface area contributed by atoms with E-state index in [-0.39, 0.29) is 5.56 Å². The maximum atomic E-state index is 12.9. The standard InChI is InChI=1S/C22H27ClN6O/c1-27-9-11-29(12-10-27)8-7-24-22-25-15-18-14-17(21(30)28(2)20(18)26-22)13-16-3-5-19(23)6-4-16/h3-6,14-15H,7-13H2,1-2H3,(H,24,25,26). The average Bonchev–Trinajstić information content (AvgIpc) is 2.75. The third kappa shape index (κ3) is 4.80. The number of piperazine rings is 1. The summed E-state index contributed by atoms with van der Waals surface area (Å²) >= 11 is 5.96. The van der Waals surface area contributed by atoms with Crippen molar-refractivity contribution < 1.29 is 0 Å². The average molecular weight is 427 g/mol. The van der Waals surface area contributed by atoms with E-state index in [0.29, 0.717) is 28.6 Å². The summed E-state index contributed by atoms with van der Waals surface area (Å²) in [5.74, 6) is 0.553. The Kier molecular flexibility index (Phi) is 6.32.